The van der Waals surface area contributed by atoms with E-state index in [0.29, 0.717) is 30.3 Å². The van der Waals surface area contributed by atoms with E-state index in [1.807, 2.05) is 0 Å². The Morgan fingerprint density at radius 1 is 1.06 bits per heavy atom. The van der Waals surface area contributed by atoms with Gasteiger partial charge < -0.3 is 34.8 Å². The first-order chi connectivity index (χ1) is 23.3. The molecule has 0 spiro atoms. The predicted octanol–water partition coefficient (Wildman–Crippen LogP) is 6.50. The summed E-state index contributed by atoms with van der Waals surface area (Å²) in [6, 6.07) is 6.79. The lowest BCUT2D eigenvalue weighted by atomic mass is 10.0. The molecule has 2 aromatic heterocycles. The summed E-state index contributed by atoms with van der Waals surface area (Å²) < 4.78 is 88.5. The third kappa shape index (κ3) is 9.32. The molecule has 0 atom stereocenters. The second-order valence-corrected chi connectivity index (χ2v) is 12.4. The molecule has 264 valence electrons. The maximum absolute atomic E-state index is 15.5. The fourth-order valence-electron chi connectivity index (χ4n) is 4.75. The van der Waals surface area contributed by atoms with Crippen molar-refractivity contribution in [1.82, 2.24) is 25.1 Å². The molecule has 0 fully saturated rings. The Morgan fingerprint density at radius 2 is 1.80 bits per heavy atom. The number of methoxy groups -OCH3 is 1. The summed E-state index contributed by atoms with van der Waals surface area (Å²) in [7, 11) is -0.749. The molecule has 2 aromatic carbocycles. The van der Waals surface area contributed by atoms with Crippen molar-refractivity contribution in [2.75, 3.05) is 44.6 Å². The number of aliphatic hydroxyl groups is 1. The van der Waals surface area contributed by atoms with Crippen LogP contribution >= 0.6 is 7.60 Å². The number of nitrogens with zero attached hydrogens (tertiary/aromatic N) is 4. The Bertz CT molecular complexity index is 1810. The second kappa shape index (κ2) is 16.2. The van der Waals surface area contributed by atoms with Crippen molar-refractivity contribution >= 4 is 36.6 Å². The Morgan fingerprint density at radius 3 is 2.43 bits per heavy atom. The fourth-order valence-corrected chi connectivity index (χ4v) is 6.44. The number of carbonyl (C=O) groups is 1. The molecule has 0 aliphatic rings. The number of benzene rings is 2. The highest BCUT2D eigenvalue weighted by Crippen LogP contribution is 2.51. The van der Waals surface area contributed by atoms with Gasteiger partial charge in [0.25, 0.3) is 5.91 Å². The van der Waals surface area contributed by atoms with Gasteiger partial charge in [-0.1, -0.05) is 6.07 Å². The number of alkyl halides is 3. The summed E-state index contributed by atoms with van der Waals surface area (Å²) in [5.41, 5.74) is -0.630. The van der Waals surface area contributed by atoms with Crippen LogP contribution in [-0.2, 0) is 32.5 Å². The van der Waals surface area contributed by atoms with Crippen molar-refractivity contribution in [3.05, 3.63) is 71.4 Å². The van der Waals surface area contributed by atoms with E-state index in [4.69, 9.17) is 18.9 Å². The molecule has 1 amide bonds. The molecule has 4 N–H and O–H groups in total. The Hall–Kier alpha value is -4.57. The molecule has 2 heterocycles. The zero-order valence-electron chi connectivity index (χ0n) is 27.1. The van der Waals surface area contributed by atoms with Gasteiger partial charge in [0.05, 0.1) is 49.6 Å². The summed E-state index contributed by atoms with van der Waals surface area (Å²) >= 11 is 0. The molecular weight excluding hydrogens is 673 g/mol. The van der Waals surface area contributed by atoms with Gasteiger partial charge in [0, 0.05) is 43.7 Å². The maximum atomic E-state index is 15.5. The summed E-state index contributed by atoms with van der Waals surface area (Å²) in [6.45, 7) is 4.03. The van der Waals surface area contributed by atoms with Gasteiger partial charge in [-0.3, -0.25) is 14.0 Å². The highest BCUT2D eigenvalue weighted by Gasteiger charge is 2.36. The maximum Gasteiger partial charge on any atom is 0.421 e. The van der Waals surface area contributed by atoms with E-state index in [1.54, 1.807) is 26.0 Å². The van der Waals surface area contributed by atoms with Gasteiger partial charge in [0.15, 0.2) is 0 Å². The zero-order chi connectivity index (χ0) is 35.8. The largest absolute Gasteiger partial charge is 0.495 e. The number of anilines is 4. The van der Waals surface area contributed by atoms with Gasteiger partial charge in [-0.15, -0.1) is 0 Å². The smallest absolute Gasteiger partial charge is 0.421 e. The number of nitrogens with one attached hydrogen (secondary N) is 3. The number of rotatable bonds is 16. The Kier molecular flexibility index (Phi) is 12.3. The van der Waals surface area contributed by atoms with Gasteiger partial charge in [-0.25, -0.2) is 9.37 Å². The summed E-state index contributed by atoms with van der Waals surface area (Å²) in [6.07, 6.45) is -1.12. The Balaban J connectivity index is 1.70. The monoisotopic (exact) mass is 709 g/mol. The van der Waals surface area contributed by atoms with Crippen LogP contribution in [0.4, 0.5) is 40.7 Å². The molecule has 0 bridgehead atoms. The summed E-state index contributed by atoms with van der Waals surface area (Å²) in [5, 5.41) is 20.9. The van der Waals surface area contributed by atoms with E-state index in [1.165, 1.54) is 43.4 Å². The number of ether oxygens (including phenoxy) is 1. The lowest BCUT2D eigenvalue weighted by Crippen LogP contribution is -2.20. The molecular formula is C31H36F4N7O6P. The first-order valence-corrected chi connectivity index (χ1v) is 16.8. The predicted molar refractivity (Wildman–Crippen MR) is 174 cm³/mol. The van der Waals surface area contributed by atoms with Crippen molar-refractivity contribution in [3.8, 4) is 16.9 Å². The van der Waals surface area contributed by atoms with Crippen LogP contribution in [0.25, 0.3) is 11.1 Å². The molecule has 0 unspecified atom stereocenters. The van der Waals surface area contributed by atoms with Crippen LogP contribution in [0.2, 0.25) is 0 Å². The molecule has 0 saturated carbocycles. The zero-order valence-corrected chi connectivity index (χ0v) is 28.0. The number of aryl methyl sites for hydroxylation is 1. The summed E-state index contributed by atoms with van der Waals surface area (Å²) in [4.78, 5) is 20.7. The van der Waals surface area contributed by atoms with Gasteiger partial charge in [-0.05, 0) is 50.1 Å². The molecule has 4 aromatic rings. The molecule has 18 heteroatoms. The highest BCUT2D eigenvalue weighted by atomic mass is 31.2. The molecule has 4 rings (SSSR count). The standard InChI is InChI=1S/C31H36F4N7O6P/c1-5-47-49(45,48-6-2)18-19-8-9-25(27(12-19)46-4)40-30-37-16-23(31(33,34)35)28(41-30)39-26-14-24(32)21(13-22(26)29(44)36-3)20-15-38-42(17-20)10-7-11-43/h8-9,12-17,43H,5-7,10-11,18H2,1-4H3,(H,36,44)(H2,37,39,40,41). The first-order valence-electron chi connectivity index (χ1n) is 15.1. The quantitative estimate of drug-likeness (QED) is 0.0742. The molecule has 0 aliphatic carbocycles. The van der Waals surface area contributed by atoms with Gasteiger partial charge in [0.2, 0.25) is 5.95 Å². The van der Waals surface area contributed by atoms with Crippen LogP contribution in [0.1, 0.15) is 41.8 Å². The van der Waals surface area contributed by atoms with Crippen LogP contribution in [0.15, 0.2) is 48.9 Å². The third-order valence-electron chi connectivity index (χ3n) is 6.96. The van der Waals surface area contributed by atoms with Crippen molar-refractivity contribution in [2.24, 2.45) is 0 Å². The fraction of sp³-hybridized carbons (Fsp3) is 0.355. The van der Waals surface area contributed by atoms with Crippen molar-refractivity contribution in [1.29, 1.82) is 0 Å². The number of aromatic nitrogens is 4. The average molecular weight is 710 g/mol. The van der Waals surface area contributed by atoms with E-state index < -0.39 is 36.9 Å². The van der Waals surface area contributed by atoms with Crippen LogP contribution in [0.3, 0.4) is 0 Å². The topological polar surface area (TPSA) is 162 Å². The average Bonchev–Trinajstić information content (AvgIpc) is 3.52. The molecule has 49 heavy (non-hydrogen) atoms. The van der Waals surface area contributed by atoms with Gasteiger partial charge >= 0.3 is 13.8 Å². The molecule has 0 radical (unpaired) electrons. The van der Waals surface area contributed by atoms with E-state index in [2.05, 4.69) is 31.0 Å². The van der Waals surface area contributed by atoms with Crippen molar-refractivity contribution in [3.63, 3.8) is 0 Å². The highest BCUT2D eigenvalue weighted by molar-refractivity contribution is 7.53. The number of halogens is 4. The first kappa shape index (κ1) is 37.3. The van der Waals surface area contributed by atoms with Crippen LogP contribution in [-0.4, -0.2) is 64.7 Å². The van der Waals surface area contributed by atoms with E-state index in [9.17, 15) is 22.5 Å². The van der Waals surface area contributed by atoms with Gasteiger partial charge in [0.1, 0.15) is 22.9 Å². The third-order valence-corrected chi connectivity index (χ3v) is 9.01. The second-order valence-electron chi connectivity index (χ2n) is 10.4. The number of hydrogen-bond donors (Lipinski definition) is 4. The minimum atomic E-state index is -4.93. The van der Waals surface area contributed by atoms with E-state index >= 15 is 4.39 Å². The van der Waals surface area contributed by atoms with Crippen LogP contribution < -0.4 is 20.7 Å². The number of hydrogen-bond acceptors (Lipinski definition) is 11. The van der Waals surface area contributed by atoms with Crippen LogP contribution in [0.5, 0.6) is 5.75 Å². The SMILES string of the molecule is CCOP(=O)(Cc1ccc(Nc2ncc(C(F)(F)F)c(Nc3cc(F)c(-c4cnn(CCCO)c4)cc3C(=O)NC)n2)c(OC)c1)OCC. The number of aliphatic hydroxyl groups excluding tert-OH is 1. The molecule has 13 nitrogen and oxygen atoms in total. The minimum Gasteiger partial charge on any atom is -0.495 e. The molecule has 0 aliphatic heterocycles. The van der Waals surface area contributed by atoms with Crippen molar-refractivity contribution in [2.45, 2.75) is 39.2 Å². The lowest BCUT2D eigenvalue weighted by Gasteiger charge is -2.19. The lowest BCUT2D eigenvalue weighted by molar-refractivity contribution is -0.137. The van der Waals surface area contributed by atoms with Crippen LogP contribution in [0, 0.1) is 5.82 Å². The van der Waals surface area contributed by atoms with E-state index in [0.717, 1.165) is 6.07 Å². The summed E-state index contributed by atoms with van der Waals surface area (Å²) in [5.74, 6) is -2.37. The Labute approximate surface area is 279 Å². The minimum absolute atomic E-state index is 0.0186. The number of amides is 1. The van der Waals surface area contributed by atoms with Gasteiger partial charge in [-0.2, -0.15) is 23.3 Å². The number of carbonyl (C=O) groups excluding carboxylic acids is 1. The molecule has 0 saturated heterocycles. The normalized spacial score (nSPS) is 11.8. The van der Waals surface area contributed by atoms with Crippen molar-refractivity contribution < 1.29 is 45.8 Å². The van der Waals surface area contributed by atoms with E-state index in [-0.39, 0.29) is 60.2 Å².